The molecule has 0 spiro atoms. The van der Waals surface area contributed by atoms with Crippen LogP contribution in [0.4, 0.5) is 14.5 Å². The summed E-state index contributed by atoms with van der Waals surface area (Å²) in [5.74, 6) is 0. The number of pyridine rings is 1. The lowest BCUT2D eigenvalue weighted by molar-refractivity contribution is 0.156. The summed E-state index contributed by atoms with van der Waals surface area (Å²) < 4.78 is 24.2. The van der Waals surface area contributed by atoms with Crippen molar-refractivity contribution in [2.45, 2.75) is 13.0 Å². The number of hydrogen-bond acceptors (Lipinski definition) is 3. The summed E-state index contributed by atoms with van der Waals surface area (Å²) in [5.41, 5.74) is 1.14. The Morgan fingerprint density at radius 3 is 2.86 bits per heavy atom. The number of hydrogen-bond donors (Lipinski definition) is 1. The Hall–Kier alpha value is -1.23. The molecule has 0 saturated heterocycles. The Morgan fingerprint density at radius 1 is 1.57 bits per heavy atom. The standard InChI is InChI=1S/C9H12F2N2O/c1-13(5-9(10)11)8-4-12-3-2-7(8)6-14/h2-4,9,14H,5-6H2,1H3. The molecule has 0 aliphatic rings. The second-order valence-corrected chi connectivity index (χ2v) is 2.93. The summed E-state index contributed by atoms with van der Waals surface area (Å²) in [6, 6.07) is 1.61. The fourth-order valence-corrected chi connectivity index (χ4v) is 1.20. The first kappa shape index (κ1) is 10.8. The van der Waals surface area contributed by atoms with Gasteiger partial charge in [0, 0.05) is 18.8 Å². The van der Waals surface area contributed by atoms with E-state index in [0.29, 0.717) is 11.3 Å². The van der Waals surface area contributed by atoms with E-state index >= 15 is 0 Å². The minimum absolute atomic E-state index is 0.175. The minimum atomic E-state index is -2.40. The monoisotopic (exact) mass is 202 g/mol. The van der Waals surface area contributed by atoms with Gasteiger partial charge in [0.25, 0.3) is 6.43 Å². The highest BCUT2D eigenvalue weighted by Crippen LogP contribution is 2.18. The topological polar surface area (TPSA) is 36.4 Å². The van der Waals surface area contributed by atoms with Gasteiger partial charge in [-0.15, -0.1) is 0 Å². The van der Waals surface area contributed by atoms with Crippen molar-refractivity contribution in [2.75, 3.05) is 18.5 Å². The van der Waals surface area contributed by atoms with Crippen LogP contribution >= 0.6 is 0 Å². The predicted octanol–water partition coefficient (Wildman–Crippen LogP) is 1.28. The lowest BCUT2D eigenvalue weighted by atomic mass is 10.2. The maximum atomic E-state index is 12.1. The number of aliphatic hydroxyl groups excluding tert-OH is 1. The first-order valence-electron chi connectivity index (χ1n) is 4.18. The summed E-state index contributed by atoms with van der Waals surface area (Å²) in [6.45, 7) is -0.538. The molecule has 14 heavy (non-hydrogen) atoms. The van der Waals surface area contributed by atoms with Gasteiger partial charge in [-0.1, -0.05) is 0 Å². The number of halogens is 2. The van der Waals surface area contributed by atoms with E-state index in [1.54, 1.807) is 13.1 Å². The number of alkyl halides is 2. The second kappa shape index (κ2) is 4.85. The van der Waals surface area contributed by atoms with Crippen molar-refractivity contribution in [2.24, 2.45) is 0 Å². The molecule has 0 bridgehead atoms. The van der Waals surface area contributed by atoms with Crippen LogP contribution in [0.25, 0.3) is 0 Å². The molecule has 1 aromatic heterocycles. The Labute approximate surface area is 81.0 Å². The van der Waals surface area contributed by atoms with Gasteiger partial charge in [-0.05, 0) is 6.07 Å². The molecule has 0 aliphatic carbocycles. The third-order valence-electron chi connectivity index (χ3n) is 1.88. The Kier molecular flexibility index (Phi) is 3.76. The lowest BCUT2D eigenvalue weighted by Crippen LogP contribution is -2.25. The van der Waals surface area contributed by atoms with Crippen molar-refractivity contribution >= 4 is 5.69 Å². The molecule has 0 unspecified atom stereocenters. The van der Waals surface area contributed by atoms with Crippen LogP contribution in [0.1, 0.15) is 5.56 Å². The van der Waals surface area contributed by atoms with Crippen molar-refractivity contribution in [3.63, 3.8) is 0 Å². The normalized spacial score (nSPS) is 10.6. The van der Waals surface area contributed by atoms with Crippen molar-refractivity contribution < 1.29 is 13.9 Å². The third kappa shape index (κ3) is 2.63. The van der Waals surface area contributed by atoms with Crippen LogP contribution in [0, 0.1) is 0 Å². The highest BCUT2D eigenvalue weighted by molar-refractivity contribution is 5.50. The van der Waals surface area contributed by atoms with Crippen molar-refractivity contribution in [1.82, 2.24) is 4.98 Å². The number of anilines is 1. The molecular weight excluding hydrogens is 190 g/mol. The van der Waals surface area contributed by atoms with Gasteiger partial charge in [0.05, 0.1) is 25.0 Å². The number of nitrogens with zero attached hydrogens (tertiary/aromatic N) is 2. The van der Waals surface area contributed by atoms with Gasteiger partial charge in [-0.2, -0.15) is 0 Å². The predicted molar refractivity (Wildman–Crippen MR) is 49.4 cm³/mol. The van der Waals surface area contributed by atoms with Crippen molar-refractivity contribution in [1.29, 1.82) is 0 Å². The maximum Gasteiger partial charge on any atom is 0.255 e. The Balaban J connectivity index is 2.82. The molecule has 0 saturated carbocycles. The van der Waals surface area contributed by atoms with Crippen LogP contribution in [0.2, 0.25) is 0 Å². The molecular formula is C9H12F2N2O. The van der Waals surface area contributed by atoms with E-state index < -0.39 is 6.43 Å². The van der Waals surface area contributed by atoms with Crippen LogP contribution in [-0.2, 0) is 6.61 Å². The number of rotatable bonds is 4. The lowest BCUT2D eigenvalue weighted by Gasteiger charge is -2.20. The molecule has 0 fully saturated rings. The molecule has 1 aromatic rings. The van der Waals surface area contributed by atoms with Gasteiger partial charge in [-0.25, -0.2) is 8.78 Å². The van der Waals surface area contributed by atoms with E-state index in [1.165, 1.54) is 17.3 Å². The average Bonchev–Trinajstić information content (AvgIpc) is 2.16. The zero-order valence-electron chi connectivity index (χ0n) is 7.82. The number of aliphatic hydroxyl groups is 1. The molecule has 1 rings (SSSR count). The molecule has 1 N–H and O–H groups in total. The first-order chi connectivity index (χ1) is 6.65. The van der Waals surface area contributed by atoms with E-state index in [2.05, 4.69) is 4.98 Å². The molecule has 5 heteroatoms. The third-order valence-corrected chi connectivity index (χ3v) is 1.88. The molecule has 0 atom stereocenters. The van der Waals surface area contributed by atoms with Gasteiger partial charge in [0.15, 0.2) is 0 Å². The summed E-state index contributed by atoms with van der Waals surface area (Å²) >= 11 is 0. The summed E-state index contributed by atoms with van der Waals surface area (Å²) in [5, 5.41) is 8.96. The van der Waals surface area contributed by atoms with Gasteiger partial charge in [0.2, 0.25) is 0 Å². The van der Waals surface area contributed by atoms with E-state index in [-0.39, 0.29) is 13.2 Å². The van der Waals surface area contributed by atoms with Gasteiger partial charge < -0.3 is 10.0 Å². The molecule has 1 heterocycles. The highest BCUT2D eigenvalue weighted by Gasteiger charge is 2.11. The van der Waals surface area contributed by atoms with Crippen LogP contribution in [0.15, 0.2) is 18.5 Å². The molecule has 0 aromatic carbocycles. The molecule has 3 nitrogen and oxygen atoms in total. The largest absolute Gasteiger partial charge is 0.392 e. The maximum absolute atomic E-state index is 12.1. The fourth-order valence-electron chi connectivity index (χ4n) is 1.20. The smallest absolute Gasteiger partial charge is 0.255 e. The van der Waals surface area contributed by atoms with Gasteiger partial charge in [-0.3, -0.25) is 4.98 Å². The summed E-state index contributed by atoms with van der Waals surface area (Å²) in [6.07, 6.45) is 0.589. The Bertz CT molecular complexity index is 294. The fraction of sp³-hybridized carbons (Fsp3) is 0.444. The Morgan fingerprint density at radius 2 is 2.29 bits per heavy atom. The second-order valence-electron chi connectivity index (χ2n) is 2.93. The van der Waals surface area contributed by atoms with E-state index in [9.17, 15) is 8.78 Å². The minimum Gasteiger partial charge on any atom is -0.392 e. The van der Waals surface area contributed by atoms with Gasteiger partial charge >= 0.3 is 0 Å². The zero-order chi connectivity index (χ0) is 10.6. The van der Waals surface area contributed by atoms with Gasteiger partial charge in [0.1, 0.15) is 0 Å². The number of aromatic nitrogens is 1. The SMILES string of the molecule is CN(CC(F)F)c1cnccc1CO. The summed E-state index contributed by atoms with van der Waals surface area (Å²) in [7, 11) is 1.54. The van der Waals surface area contributed by atoms with E-state index in [0.717, 1.165) is 0 Å². The molecule has 0 radical (unpaired) electrons. The molecule has 0 amide bonds. The van der Waals surface area contributed by atoms with Crippen LogP contribution in [-0.4, -0.2) is 30.1 Å². The summed E-state index contributed by atoms with van der Waals surface area (Å²) in [4.78, 5) is 5.20. The van der Waals surface area contributed by atoms with Crippen molar-refractivity contribution in [3.8, 4) is 0 Å². The quantitative estimate of drug-likeness (QED) is 0.798. The van der Waals surface area contributed by atoms with E-state index in [4.69, 9.17) is 5.11 Å². The van der Waals surface area contributed by atoms with Crippen molar-refractivity contribution in [3.05, 3.63) is 24.0 Å². The van der Waals surface area contributed by atoms with Crippen LogP contribution in [0.5, 0.6) is 0 Å². The zero-order valence-corrected chi connectivity index (χ0v) is 7.82. The van der Waals surface area contributed by atoms with E-state index in [1.807, 2.05) is 0 Å². The highest BCUT2D eigenvalue weighted by atomic mass is 19.3. The molecule has 0 aliphatic heterocycles. The average molecular weight is 202 g/mol. The first-order valence-corrected chi connectivity index (χ1v) is 4.18. The van der Waals surface area contributed by atoms with Crippen LogP contribution < -0.4 is 4.90 Å². The molecule has 78 valence electrons. The van der Waals surface area contributed by atoms with Crippen LogP contribution in [0.3, 0.4) is 0 Å².